The van der Waals surface area contributed by atoms with Crippen LogP contribution in [0.15, 0.2) is 42.5 Å². The van der Waals surface area contributed by atoms with Crippen LogP contribution >= 0.6 is 11.6 Å². The zero-order chi connectivity index (χ0) is 17.5. The molecule has 0 fully saturated rings. The minimum Gasteiger partial charge on any atom is -0.351 e. The summed E-state index contributed by atoms with van der Waals surface area (Å²) in [7, 11) is 0. The highest BCUT2D eigenvalue weighted by Gasteiger charge is 2.15. The van der Waals surface area contributed by atoms with Gasteiger partial charge in [-0.25, -0.2) is 8.78 Å². The third-order valence-electron chi connectivity index (χ3n) is 3.73. The number of amides is 1. The molecule has 3 N–H and O–H groups in total. The molecule has 0 radical (unpaired) electrons. The molecule has 1 atom stereocenters. The molecule has 0 spiro atoms. The number of carbonyl (C=O) groups excluding carboxylic acids is 1. The van der Waals surface area contributed by atoms with Gasteiger partial charge in [0.1, 0.15) is 17.7 Å². The van der Waals surface area contributed by atoms with Gasteiger partial charge in [0.25, 0.3) is 5.91 Å². The second-order valence-corrected chi connectivity index (χ2v) is 6.06. The van der Waals surface area contributed by atoms with E-state index in [1.165, 1.54) is 12.1 Å². The molecule has 0 aliphatic rings. The van der Waals surface area contributed by atoms with Gasteiger partial charge >= 0.3 is 0 Å². The van der Waals surface area contributed by atoms with Crippen molar-refractivity contribution in [3.8, 4) is 0 Å². The van der Waals surface area contributed by atoms with Gasteiger partial charge in [-0.05, 0) is 43.2 Å². The van der Waals surface area contributed by atoms with Crippen LogP contribution < -0.4 is 10.6 Å². The average Bonchev–Trinajstić information content (AvgIpc) is 2.53. The van der Waals surface area contributed by atoms with Crippen molar-refractivity contribution in [1.82, 2.24) is 5.32 Å². The summed E-state index contributed by atoms with van der Waals surface area (Å²) in [5, 5.41) is 5.20. The fourth-order valence-corrected chi connectivity index (χ4v) is 2.61. The second-order valence-electron chi connectivity index (χ2n) is 5.62. The summed E-state index contributed by atoms with van der Waals surface area (Å²) in [6, 6.07) is 10.7. The lowest BCUT2D eigenvalue weighted by atomic mass is 10.1. The van der Waals surface area contributed by atoms with Gasteiger partial charge in [0.2, 0.25) is 0 Å². The molecule has 0 bridgehead atoms. The molecule has 2 aromatic carbocycles. The van der Waals surface area contributed by atoms with Crippen LogP contribution in [0, 0.1) is 11.6 Å². The van der Waals surface area contributed by atoms with Crippen molar-refractivity contribution in [2.75, 3.05) is 13.1 Å². The summed E-state index contributed by atoms with van der Waals surface area (Å²) < 4.78 is 26.6. The van der Waals surface area contributed by atoms with Gasteiger partial charge in [0, 0.05) is 23.2 Å². The molecule has 2 aromatic rings. The lowest BCUT2D eigenvalue weighted by molar-refractivity contribution is -0.682. The molecule has 2 rings (SSSR count). The van der Waals surface area contributed by atoms with E-state index in [1.807, 2.05) is 18.2 Å². The van der Waals surface area contributed by atoms with E-state index in [2.05, 4.69) is 5.32 Å². The van der Waals surface area contributed by atoms with Crippen LogP contribution in [0.1, 0.15) is 24.1 Å². The Morgan fingerprint density at radius 2 is 2.04 bits per heavy atom. The molecule has 0 heterocycles. The SMILES string of the molecule is C[C@H]([NH2+]CC(=O)NCCc1cccc(Cl)c1)c1ccc(F)cc1F. The van der Waals surface area contributed by atoms with Crippen LogP contribution in [-0.4, -0.2) is 19.0 Å². The van der Waals surface area contributed by atoms with E-state index >= 15 is 0 Å². The van der Waals surface area contributed by atoms with E-state index in [0.717, 1.165) is 11.6 Å². The minimum atomic E-state index is -0.609. The molecule has 1 amide bonds. The summed E-state index contributed by atoms with van der Waals surface area (Å²) in [6.45, 7) is 2.45. The van der Waals surface area contributed by atoms with Crippen LogP contribution in [0.3, 0.4) is 0 Å². The van der Waals surface area contributed by atoms with Crippen LogP contribution in [0.2, 0.25) is 5.02 Å². The Balaban J connectivity index is 1.74. The Morgan fingerprint density at radius 1 is 1.25 bits per heavy atom. The van der Waals surface area contributed by atoms with Gasteiger partial charge in [-0.2, -0.15) is 0 Å². The van der Waals surface area contributed by atoms with Gasteiger partial charge in [0.15, 0.2) is 6.54 Å². The van der Waals surface area contributed by atoms with Gasteiger partial charge < -0.3 is 10.6 Å². The summed E-state index contributed by atoms with van der Waals surface area (Å²) in [5.74, 6) is -1.34. The van der Waals surface area contributed by atoms with Gasteiger partial charge in [-0.3, -0.25) is 4.79 Å². The van der Waals surface area contributed by atoms with Gasteiger partial charge in [-0.15, -0.1) is 0 Å². The van der Waals surface area contributed by atoms with Crippen molar-refractivity contribution in [1.29, 1.82) is 0 Å². The number of carbonyl (C=O) groups is 1. The van der Waals surface area contributed by atoms with Crippen molar-refractivity contribution < 1.29 is 18.9 Å². The summed E-state index contributed by atoms with van der Waals surface area (Å²) in [4.78, 5) is 11.9. The zero-order valence-corrected chi connectivity index (χ0v) is 14.1. The molecule has 0 aliphatic carbocycles. The van der Waals surface area contributed by atoms with E-state index < -0.39 is 11.6 Å². The predicted octanol–water partition coefficient (Wildman–Crippen LogP) is 2.60. The molecule has 0 unspecified atom stereocenters. The molecule has 24 heavy (non-hydrogen) atoms. The molecule has 0 saturated heterocycles. The molecule has 6 heteroatoms. The van der Waals surface area contributed by atoms with E-state index in [0.29, 0.717) is 23.6 Å². The van der Waals surface area contributed by atoms with Gasteiger partial charge in [0.05, 0.1) is 0 Å². The first-order chi connectivity index (χ1) is 11.5. The number of hydrogen-bond acceptors (Lipinski definition) is 1. The lowest BCUT2D eigenvalue weighted by Crippen LogP contribution is -2.87. The smallest absolute Gasteiger partial charge is 0.275 e. The number of nitrogens with two attached hydrogens (primary N) is 1. The highest BCUT2D eigenvalue weighted by molar-refractivity contribution is 6.30. The van der Waals surface area contributed by atoms with E-state index in [4.69, 9.17) is 11.6 Å². The summed E-state index contributed by atoms with van der Waals surface area (Å²) in [6.07, 6.45) is 0.689. The first-order valence-electron chi connectivity index (χ1n) is 7.75. The quantitative estimate of drug-likeness (QED) is 0.789. The maximum Gasteiger partial charge on any atom is 0.275 e. The van der Waals surface area contributed by atoms with Crippen LogP contribution in [0.4, 0.5) is 8.78 Å². The first kappa shape index (κ1) is 18.4. The molecular weight excluding hydrogens is 334 g/mol. The monoisotopic (exact) mass is 353 g/mol. The maximum absolute atomic E-state index is 13.7. The number of benzene rings is 2. The Bertz CT molecular complexity index is 709. The second kappa shape index (κ2) is 8.76. The van der Waals surface area contributed by atoms with E-state index in [1.54, 1.807) is 18.3 Å². The Hall–Kier alpha value is -1.98. The van der Waals surface area contributed by atoms with Crippen molar-refractivity contribution in [2.45, 2.75) is 19.4 Å². The van der Waals surface area contributed by atoms with Crippen LogP contribution in [0.25, 0.3) is 0 Å². The zero-order valence-electron chi connectivity index (χ0n) is 13.4. The maximum atomic E-state index is 13.7. The molecule has 0 saturated carbocycles. The molecular formula is C18H20ClF2N2O+. The normalized spacial score (nSPS) is 12.0. The Morgan fingerprint density at radius 3 is 2.75 bits per heavy atom. The highest BCUT2D eigenvalue weighted by atomic mass is 35.5. The largest absolute Gasteiger partial charge is 0.351 e. The van der Waals surface area contributed by atoms with E-state index in [-0.39, 0.29) is 18.5 Å². The minimum absolute atomic E-state index is 0.133. The molecule has 3 nitrogen and oxygen atoms in total. The Kier molecular flexibility index (Phi) is 6.70. The standard InChI is InChI=1S/C18H19ClF2N2O/c1-12(16-6-5-15(20)10-17(16)21)23-11-18(24)22-8-7-13-3-2-4-14(19)9-13/h2-6,9-10,12,23H,7-8,11H2,1H3,(H,22,24)/p+1/t12-/m0/s1. The summed E-state index contributed by atoms with van der Waals surface area (Å²) >= 11 is 5.91. The van der Waals surface area contributed by atoms with Crippen molar-refractivity contribution in [3.05, 3.63) is 70.2 Å². The van der Waals surface area contributed by atoms with Crippen molar-refractivity contribution in [3.63, 3.8) is 0 Å². The molecule has 0 aliphatic heterocycles. The number of rotatable bonds is 7. The number of nitrogens with one attached hydrogen (secondary N) is 1. The van der Waals surface area contributed by atoms with Crippen molar-refractivity contribution in [2.24, 2.45) is 0 Å². The van der Waals surface area contributed by atoms with Crippen molar-refractivity contribution >= 4 is 17.5 Å². The number of hydrogen-bond donors (Lipinski definition) is 2. The third-order valence-corrected chi connectivity index (χ3v) is 3.97. The number of halogens is 3. The van der Waals surface area contributed by atoms with E-state index in [9.17, 15) is 13.6 Å². The lowest BCUT2D eigenvalue weighted by Gasteiger charge is -2.12. The Labute approximate surface area is 145 Å². The van der Waals surface area contributed by atoms with Crippen LogP contribution in [-0.2, 0) is 11.2 Å². The molecule has 0 aromatic heterocycles. The fraction of sp³-hybridized carbons (Fsp3) is 0.278. The fourth-order valence-electron chi connectivity index (χ4n) is 2.39. The van der Waals surface area contributed by atoms with Crippen LogP contribution in [0.5, 0.6) is 0 Å². The first-order valence-corrected chi connectivity index (χ1v) is 8.13. The summed E-state index contributed by atoms with van der Waals surface area (Å²) in [5.41, 5.74) is 1.43. The third kappa shape index (κ3) is 5.58. The van der Waals surface area contributed by atoms with Gasteiger partial charge in [-0.1, -0.05) is 23.7 Å². The molecule has 128 valence electrons. The topological polar surface area (TPSA) is 45.7 Å². The predicted molar refractivity (Wildman–Crippen MR) is 89.7 cm³/mol. The highest BCUT2D eigenvalue weighted by Crippen LogP contribution is 2.14. The number of quaternary nitrogens is 1. The average molecular weight is 354 g/mol.